The molecule has 0 aliphatic heterocycles. The Kier molecular flexibility index (Phi) is 3.25. The highest BCUT2D eigenvalue weighted by molar-refractivity contribution is 7.20. The van der Waals surface area contributed by atoms with Crippen LogP contribution in [0.4, 0.5) is 0 Å². The fourth-order valence-electron chi connectivity index (χ4n) is 1.45. The molecule has 3 aromatic heterocycles. The highest BCUT2D eigenvalue weighted by atomic mass is 32.1. The van der Waals surface area contributed by atoms with Gasteiger partial charge in [0.2, 0.25) is 0 Å². The normalized spacial score (nSPS) is 11.1. The Balaban J connectivity index is 1.80. The minimum atomic E-state index is 0.885. The number of thiazole rings is 1. The average molecular weight is 271 g/mol. The van der Waals surface area contributed by atoms with Crippen LogP contribution in [0.3, 0.4) is 0 Å². The van der Waals surface area contributed by atoms with E-state index in [1.807, 2.05) is 29.7 Å². The molecule has 0 N–H and O–H groups in total. The second kappa shape index (κ2) is 5.20. The van der Waals surface area contributed by atoms with Gasteiger partial charge in [-0.2, -0.15) is 0 Å². The van der Waals surface area contributed by atoms with Crippen LogP contribution in [0.2, 0.25) is 0 Å². The van der Waals surface area contributed by atoms with Gasteiger partial charge in [0.25, 0.3) is 0 Å². The molecule has 0 bridgehead atoms. The van der Waals surface area contributed by atoms with Crippen LogP contribution in [-0.2, 0) is 0 Å². The summed E-state index contributed by atoms with van der Waals surface area (Å²) in [5.41, 5.74) is 1.85. The van der Waals surface area contributed by atoms with Crippen LogP contribution in [0.25, 0.3) is 22.0 Å². The second-order valence-electron chi connectivity index (χ2n) is 3.52. The fraction of sp³-hybridized carbons (Fsp3) is 0. The topological polar surface area (TPSA) is 38.7 Å². The first kappa shape index (κ1) is 11.3. The van der Waals surface area contributed by atoms with E-state index in [-0.39, 0.29) is 0 Å². The van der Waals surface area contributed by atoms with Crippen LogP contribution in [0.5, 0.6) is 0 Å². The highest BCUT2D eigenvalue weighted by Crippen LogP contribution is 2.28. The Hall–Kier alpha value is -1.85. The maximum absolute atomic E-state index is 4.57. The zero-order valence-corrected chi connectivity index (χ0v) is 11.0. The molecule has 3 nitrogen and oxygen atoms in total. The number of hydrogen-bond acceptors (Lipinski definition) is 5. The minimum absolute atomic E-state index is 0.885. The number of hydrogen-bond donors (Lipinski definition) is 0. The summed E-state index contributed by atoms with van der Waals surface area (Å²) in [4.78, 5) is 13.8. The van der Waals surface area contributed by atoms with Crippen molar-refractivity contribution in [3.63, 3.8) is 0 Å². The molecule has 0 amide bonds. The first-order chi connectivity index (χ1) is 8.92. The predicted molar refractivity (Wildman–Crippen MR) is 76.4 cm³/mol. The summed E-state index contributed by atoms with van der Waals surface area (Å²) in [7, 11) is 0. The Morgan fingerprint density at radius 2 is 2.00 bits per heavy atom. The Morgan fingerprint density at radius 1 is 1.06 bits per heavy atom. The van der Waals surface area contributed by atoms with Crippen LogP contribution in [-0.4, -0.2) is 15.0 Å². The Labute approximate surface area is 113 Å². The molecule has 0 aromatic carbocycles. The van der Waals surface area contributed by atoms with Gasteiger partial charge < -0.3 is 0 Å². The highest BCUT2D eigenvalue weighted by Gasteiger charge is 2.03. The van der Waals surface area contributed by atoms with E-state index in [0.717, 1.165) is 16.4 Å². The summed E-state index contributed by atoms with van der Waals surface area (Å²) in [6.45, 7) is 0. The third-order valence-corrected chi connectivity index (χ3v) is 4.18. The van der Waals surface area contributed by atoms with Crippen molar-refractivity contribution in [2.75, 3.05) is 0 Å². The predicted octanol–water partition coefficient (Wildman–Crippen LogP) is 3.83. The summed E-state index contributed by atoms with van der Waals surface area (Å²) >= 11 is 3.36. The third kappa shape index (κ3) is 2.52. The van der Waals surface area contributed by atoms with Crippen molar-refractivity contribution < 1.29 is 0 Å². The number of aromatic nitrogens is 3. The zero-order chi connectivity index (χ0) is 12.2. The molecule has 3 rings (SSSR count). The molecule has 3 heterocycles. The van der Waals surface area contributed by atoms with Gasteiger partial charge in [-0.1, -0.05) is 6.07 Å². The molecule has 0 saturated carbocycles. The standard InChI is InChI=1S/C13H9N3S2/c1-2-12(17-7-1)13-16-11(8-18-13)4-3-10-5-6-14-9-15-10/h1-9H. The molecule has 0 fully saturated rings. The van der Waals surface area contributed by atoms with E-state index in [4.69, 9.17) is 0 Å². The van der Waals surface area contributed by atoms with Gasteiger partial charge in [-0.05, 0) is 29.7 Å². The number of rotatable bonds is 3. The first-order valence-corrected chi connectivity index (χ1v) is 7.11. The SMILES string of the molecule is C(=Cc1csc(-c2cccs2)n1)c1ccncn1. The van der Waals surface area contributed by atoms with Gasteiger partial charge in [-0.25, -0.2) is 15.0 Å². The lowest BCUT2D eigenvalue weighted by atomic mass is 10.3. The first-order valence-electron chi connectivity index (χ1n) is 5.35. The monoisotopic (exact) mass is 271 g/mol. The molecule has 0 spiro atoms. The Bertz CT molecular complexity index is 642. The van der Waals surface area contributed by atoms with Gasteiger partial charge >= 0.3 is 0 Å². The summed E-state index contributed by atoms with van der Waals surface area (Å²) in [5, 5.41) is 5.17. The van der Waals surface area contributed by atoms with Gasteiger partial charge in [-0.15, -0.1) is 22.7 Å². The number of thiophene rings is 1. The third-order valence-electron chi connectivity index (χ3n) is 2.28. The van der Waals surface area contributed by atoms with E-state index in [9.17, 15) is 0 Å². The maximum Gasteiger partial charge on any atom is 0.134 e. The molecule has 88 valence electrons. The summed E-state index contributed by atoms with van der Waals surface area (Å²) in [6, 6.07) is 5.99. The van der Waals surface area contributed by atoms with E-state index in [2.05, 4.69) is 26.4 Å². The molecule has 0 aliphatic carbocycles. The number of nitrogens with zero attached hydrogens (tertiary/aromatic N) is 3. The molecule has 0 saturated heterocycles. The molecule has 5 heteroatoms. The molecular formula is C13H9N3S2. The second-order valence-corrected chi connectivity index (χ2v) is 5.33. The lowest BCUT2D eigenvalue weighted by molar-refractivity contribution is 1.15. The van der Waals surface area contributed by atoms with Gasteiger partial charge in [0.05, 0.1) is 16.3 Å². The van der Waals surface area contributed by atoms with E-state index in [0.29, 0.717) is 0 Å². The van der Waals surface area contributed by atoms with Gasteiger partial charge in [-0.3, -0.25) is 0 Å². The van der Waals surface area contributed by atoms with Crippen LogP contribution in [0.15, 0.2) is 41.5 Å². The van der Waals surface area contributed by atoms with Crippen LogP contribution < -0.4 is 0 Å². The van der Waals surface area contributed by atoms with Crippen LogP contribution in [0.1, 0.15) is 11.4 Å². The molecule has 0 atom stereocenters. The van der Waals surface area contributed by atoms with Crippen molar-refractivity contribution in [3.05, 3.63) is 52.9 Å². The van der Waals surface area contributed by atoms with Crippen molar-refractivity contribution in [3.8, 4) is 9.88 Å². The van der Waals surface area contributed by atoms with E-state index >= 15 is 0 Å². The largest absolute Gasteiger partial charge is 0.245 e. The van der Waals surface area contributed by atoms with Crippen molar-refractivity contribution >= 4 is 34.8 Å². The van der Waals surface area contributed by atoms with Crippen molar-refractivity contribution in [2.24, 2.45) is 0 Å². The van der Waals surface area contributed by atoms with E-state index in [1.165, 1.54) is 11.2 Å². The van der Waals surface area contributed by atoms with E-state index < -0.39 is 0 Å². The molecule has 0 unspecified atom stereocenters. The van der Waals surface area contributed by atoms with Crippen LogP contribution in [0, 0.1) is 0 Å². The zero-order valence-electron chi connectivity index (χ0n) is 9.35. The average Bonchev–Trinajstić information content (AvgIpc) is 3.08. The molecule has 3 aromatic rings. The van der Waals surface area contributed by atoms with Gasteiger partial charge in [0, 0.05) is 11.6 Å². The van der Waals surface area contributed by atoms with Crippen molar-refractivity contribution in [2.45, 2.75) is 0 Å². The lowest BCUT2D eigenvalue weighted by Gasteiger charge is -1.89. The molecular weight excluding hydrogens is 262 g/mol. The molecule has 18 heavy (non-hydrogen) atoms. The quantitative estimate of drug-likeness (QED) is 0.726. The summed E-state index contributed by atoms with van der Waals surface area (Å²) in [5.74, 6) is 0. The van der Waals surface area contributed by atoms with Gasteiger partial charge in [0.1, 0.15) is 11.3 Å². The Morgan fingerprint density at radius 3 is 2.78 bits per heavy atom. The van der Waals surface area contributed by atoms with E-state index in [1.54, 1.807) is 28.9 Å². The van der Waals surface area contributed by atoms with Gasteiger partial charge in [0.15, 0.2) is 0 Å². The lowest BCUT2D eigenvalue weighted by Crippen LogP contribution is -1.80. The van der Waals surface area contributed by atoms with Crippen LogP contribution >= 0.6 is 22.7 Å². The molecule has 0 aliphatic rings. The van der Waals surface area contributed by atoms with Crippen molar-refractivity contribution in [1.82, 2.24) is 15.0 Å². The summed E-state index contributed by atoms with van der Waals surface area (Å²) < 4.78 is 0. The minimum Gasteiger partial charge on any atom is -0.245 e. The smallest absolute Gasteiger partial charge is 0.134 e. The summed E-state index contributed by atoms with van der Waals surface area (Å²) in [6.07, 6.45) is 7.17. The van der Waals surface area contributed by atoms with Crippen molar-refractivity contribution in [1.29, 1.82) is 0 Å². The maximum atomic E-state index is 4.57. The fourth-order valence-corrected chi connectivity index (χ4v) is 3.05. The molecule has 0 radical (unpaired) electrons.